The Morgan fingerprint density at radius 2 is 1.68 bits per heavy atom. The molecule has 1 atom stereocenters. The highest BCUT2D eigenvalue weighted by Gasteiger charge is 2.26. The highest BCUT2D eigenvalue weighted by atomic mass is 16.6. The topological polar surface area (TPSA) is 70.7 Å². The van der Waals surface area contributed by atoms with Crippen LogP contribution in [0.25, 0.3) is 0 Å². The summed E-state index contributed by atoms with van der Waals surface area (Å²) in [5.74, 6) is -0.186. The van der Waals surface area contributed by atoms with E-state index >= 15 is 0 Å². The van der Waals surface area contributed by atoms with E-state index in [1.54, 1.807) is 20.8 Å². The molecule has 0 saturated heterocycles. The van der Waals surface area contributed by atoms with Gasteiger partial charge in [0.15, 0.2) is 0 Å². The summed E-state index contributed by atoms with van der Waals surface area (Å²) in [4.78, 5) is 26.3. The Bertz CT molecular complexity index is 347. The lowest BCUT2D eigenvalue weighted by molar-refractivity contribution is -0.124. The summed E-state index contributed by atoms with van der Waals surface area (Å²) in [6.07, 6.45) is -0.565. The van der Waals surface area contributed by atoms with Crippen molar-refractivity contribution in [2.24, 2.45) is 5.92 Å². The molecule has 0 aromatic rings. The van der Waals surface area contributed by atoms with E-state index in [9.17, 15) is 9.59 Å². The van der Waals surface area contributed by atoms with Crippen LogP contribution < -0.4 is 10.6 Å². The van der Waals surface area contributed by atoms with Gasteiger partial charge in [0.1, 0.15) is 11.6 Å². The maximum Gasteiger partial charge on any atom is 0.408 e. The lowest BCUT2D eigenvalue weighted by atomic mass is 10.0. The maximum atomic E-state index is 12.2. The maximum absolute atomic E-state index is 12.2. The average Bonchev–Trinajstić information content (AvgIpc) is 2.38. The van der Waals surface area contributed by atoms with Crippen molar-refractivity contribution in [2.45, 2.75) is 60.1 Å². The smallest absolute Gasteiger partial charge is 0.408 e. The van der Waals surface area contributed by atoms with Gasteiger partial charge in [0, 0.05) is 13.1 Å². The molecular formula is C16H33N3O3. The number of hydrogen-bond donors (Lipinski definition) is 2. The van der Waals surface area contributed by atoms with Gasteiger partial charge in [0.25, 0.3) is 0 Å². The van der Waals surface area contributed by atoms with E-state index in [0.717, 1.165) is 19.6 Å². The van der Waals surface area contributed by atoms with Crippen molar-refractivity contribution in [1.82, 2.24) is 15.5 Å². The number of alkyl carbamates (subject to hydrolysis) is 1. The largest absolute Gasteiger partial charge is 0.444 e. The standard InChI is InChI=1S/C16H33N3O3/c1-8-19(9-2)11-10-17-14(20)13(12(3)4)18-15(21)22-16(5,6)7/h12-13H,8-11H2,1-7H3,(H,17,20)(H,18,21)/t13-/m0/s1. The molecule has 0 aromatic heterocycles. The second-order valence-electron chi connectivity index (χ2n) is 6.69. The van der Waals surface area contributed by atoms with Crippen molar-refractivity contribution < 1.29 is 14.3 Å². The van der Waals surface area contributed by atoms with Gasteiger partial charge in [-0.15, -0.1) is 0 Å². The molecule has 6 heteroatoms. The predicted octanol–water partition coefficient (Wildman–Crippen LogP) is 1.99. The molecule has 0 aliphatic rings. The second-order valence-corrected chi connectivity index (χ2v) is 6.69. The highest BCUT2D eigenvalue weighted by molar-refractivity contribution is 5.85. The van der Waals surface area contributed by atoms with Crippen molar-refractivity contribution in [1.29, 1.82) is 0 Å². The number of hydrogen-bond acceptors (Lipinski definition) is 4. The Morgan fingerprint density at radius 1 is 1.14 bits per heavy atom. The van der Waals surface area contributed by atoms with Crippen molar-refractivity contribution in [2.75, 3.05) is 26.2 Å². The van der Waals surface area contributed by atoms with Crippen molar-refractivity contribution >= 4 is 12.0 Å². The van der Waals surface area contributed by atoms with Gasteiger partial charge in [-0.25, -0.2) is 4.79 Å². The Hall–Kier alpha value is -1.30. The zero-order valence-electron chi connectivity index (χ0n) is 15.2. The Labute approximate surface area is 135 Å². The van der Waals surface area contributed by atoms with Crippen LogP contribution in [0, 0.1) is 5.92 Å². The summed E-state index contributed by atoms with van der Waals surface area (Å²) in [5, 5.41) is 5.53. The normalized spacial score (nSPS) is 13.1. The predicted molar refractivity (Wildman–Crippen MR) is 88.8 cm³/mol. The molecule has 0 aromatic carbocycles. The first kappa shape index (κ1) is 20.7. The van der Waals surface area contributed by atoms with Crippen LogP contribution in [-0.4, -0.2) is 54.7 Å². The third-order valence-corrected chi connectivity index (χ3v) is 3.24. The molecule has 130 valence electrons. The second kappa shape index (κ2) is 9.66. The number of likely N-dealkylation sites (N-methyl/N-ethyl adjacent to an activating group) is 1. The summed E-state index contributed by atoms with van der Waals surface area (Å²) in [6, 6.07) is -0.591. The van der Waals surface area contributed by atoms with Gasteiger partial charge in [0.05, 0.1) is 0 Å². The molecule has 0 fully saturated rings. The van der Waals surface area contributed by atoms with E-state index in [0.29, 0.717) is 6.54 Å². The summed E-state index contributed by atoms with van der Waals surface area (Å²) in [5.41, 5.74) is -0.579. The number of nitrogens with zero attached hydrogens (tertiary/aromatic N) is 1. The van der Waals surface area contributed by atoms with Gasteiger partial charge >= 0.3 is 6.09 Å². The Kier molecular flexibility index (Phi) is 9.09. The Morgan fingerprint density at radius 3 is 2.09 bits per heavy atom. The first-order valence-electron chi connectivity index (χ1n) is 8.10. The lowest BCUT2D eigenvalue weighted by Gasteiger charge is -2.25. The van der Waals surface area contributed by atoms with Crippen LogP contribution in [0.3, 0.4) is 0 Å². The zero-order chi connectivity index (χ0) is 17.3. The zero-order valence-corrected chi connectivity index (χ0v) is 15.2. The number of nitrogens with one attached hydrogen (secondary N) is 2. The SMILES string of the molecule is CCN(CC)CCNC(=O)[C@@H](NC(=O)OC(C)(C)C)C(C)C. The summed E-state index contributed by atoms with van der Waals surface area (Å²) >= 11 is 0. The first-order chi connectivity index (χ1) is 10.1. The molecule has 0 aliphatic heterocycles. The molecule has 0 bridgehead atoms. The summed E-state index contributed by atoms with van der Waals surface area (Å²) in [6.45, 7) is 16.6. The lowest BCUT2D eigenvalue weighted by Crippen LogP contribution is -2.51. The molecule has 0 saturated carbocycles. The molecule has 22 heavy (non-hydrogen) atoms. The number of ether oxygens (including phenoxy) is 1. The third-order valence-electron chi connectivity index (χ3n) is 3.24. The minimum absolute atomic E-state index is 0.0130. The van der Waals surface area contributed by atoms with Crippen LogP contribution in [0.5, 0.6) is 0 Å². The number of carbonyl (C=O) groups excluding carboxylic acids is 2. The molecule has 0 spiro atoms. The molecule has 0 rings (SSSR count). The van der Waals surface area contributed by atoms with Crippen LogP contribution in [0.2, 0.25) is 0 Å². The third kappa shape index (κ3) is 8.87. The highest BCUT2D eigenvalue weighted by Crippen LogP contribution is 2.08. The number of rotatable bonds is 8. The van der Waals surface area contributed by atoms with E-state index in [2.05, 4.69) is 29.4 Å². The van der Waals surface area contributed by atoms with E-state index in [-0.39, 0.29) is 11.8 Å². The fraction of sp³-hybridized carbons (Fsp3) is 0.875. The van der Waals surface area contributed by atoms with Crippen LogP contribution in [0.15, 0.2) is 0 Å². The molecule has 0 heterocycles. The first-order valence-corrected chi connectivity index (χ1v) is 8.10. The van der Waals surface area contributed by atoms with E-state index in [1.165, 1.54) is 0 Å². The van der Waals surface area contributed by atoms with Crippen molar-refractivity contribution in [3.63, 3.8) is 0 Å². The van der Waals surface area contributed by atoms with Gasteiger partial charge < -0.3 is 20.3 Å². The molecule has 0 unspecified atom stereocenters. The van der Waals surface area contributed by atoms with Gasteiger partial charge in [-0.2, -0.15) is 0 Å². The van der Waals surface area contributed by atoms with Crippen LogP contribution >= 0.6 is 0 Å². The van der Waals surface area contributed by atoms with Gasteiger partial charge in [-0.1, -0.05) is 27.7 Å². The fourth-order valence-electron chi connectivity index (χ4n) is 1.96. The van der Waals surface area contributed by atoms with E-state index < -0.39 is 17.7 Å². The van der Waals surface area contributed by atoms with Crippen molar-refractivity contribution in [3.05, 3.63) is 0 Å². The Balaban J connectivity index is 4.43. The number of amides is 2. The van der Waals surface area contributed by atoms with Gasteiger partial charge in [-0.05, 0) is 39.8 Å². The quantitative estimate of drug-likeness (QED) is 0.718. The fourth-order valence-corrected chi connectivity index (χ4v) is 1.96. The van der Waals surface area contributed by atoms with Crippen LogP contribution in [-0.2, 0) is 9.53 Å². The van der Waals surface area contributed by atoms with E-state index in [4.69, 9.17) is 4.74 Å². The average molecular weight is 315 g/mol. The monoisotopic (exact) mass is 315 g/mol. The molecule has 0 aliphatic carbocycles. The minimum atomic E-state index is -0.591. The van der Waals surface area contributed by atoms with Crippen LogP contribution in [0.4, 0.5) is 4.79 Å². The molecule has 2 amide bonds. The summed E-state index contributed by atoms with van der Waals surface area (Å²) < 4.78 is 5.21. The van der Waals surface area contributed by atoms with Crippen LogP contribution in [0.1, 0.15) is 48.5 Å². The summed E-state index contributed by atoms with van der Waals surface area (Å²) in [7, 11) is 0. The minimum Gasteiger partial charge on any atom is -0.444 e. The molecule has 6 nitrogen and oxygen atoms in total. The van der Waals surface area contributed by atoms with E-state index in [1.807, 2.05) is 13.8 Å². The molecule has 2 N–H and O–H groups in total. The molecular weight excluding hydrogens is 282 g/mol. The van der Waals surface area contributed by atoms with Gasteiger partial charge in [0.2, 0.25) is 5.91 Å². The number of carbonyl (C=O) groups is 2. The van der Waals surface area contributed by atoms with Gasteiger partial charge in [-0.3, -0.25) is 4.79 Å². The molecule has 0 radical (unpaired) electrons. The van der Waals surface area contributed by atoms with Crippen molar-refractivity contribution in [3.8, 4) is 0 Å².